The molecule has 0 aliphatic carbocycles. The minimum Gasteiger partial charge on any atom is -0.459 e. The normalized spacial score (nSPS) is 18.1. The summed E-state index contributed by atoms with van der Waals surface area (Å²) in [5, 5.41) is 3.75. The van der Waals surface area contributed by atoms with Crippen LogP contribution in [0.4, 0.5) is 0 Å². The van der Waals surface area contributed by atoms with E-state index in [1.165, 1.54) is 10.6 Å². The molecule has 0 N–H and O–H groups in total. The van der Waals surface area contributed by atoms with Crippen molar-refractivity contribution in [2.45, 2.75) is 19.4 Å². The van der Waals surface area contributed by atoms with Gasteiger partial charge in [0, 0.05) is 24.6 Å². The second-order valence-electron chi connectivity index (χ2n) is 4.54. The van der Waals surface area contributed by atoms with Gasteiger partial charge in [0.25, 0.3) is 0 Å². The SMILES string of the molecule is CS(=O)(=O)N1CCC(C(=O)OCc2nnsc2Cl)CC1. The molecule has 1 saturated heterocycles. The first-order chi connectivity index (χ1) is 9.38. The Hall–Kier alpha value is -0.770. The van der Waals surface area contributed by atoms with E-state index in [0.717, 1.165) is 11.5 Å². The van der Waals surface area contributed by atoms with E-state index in [0.29, 0.717) is 36.0 Å². The molecule has 1 aliphatic heterocycles. The summed E-state index contributed by atoms with van der Waals surface area (Å²) < 4.78 is 33.3. The lowest BCUT2D eigenvalue weighted by atomic mass is 9.98. The summed E-state index contributed by atoms with van der Waals surface area (Å²) in [6.45, 7) is 0.690. The molecule has 2 rings (SSSR count). The van der Waals surface area contributed by atoms with Gasteiger partial charge in [0.1, 0.15) is 16.6 Å². The lowest BCUT2D eigenvalue weighted by Crippen LogP contribution is -2.40. The van der Waals surface area contributed by atoms with Gasteiger partial charge < -0.3 is 4.74 Å². The summed E-state index contributed by atoms with van der Waals surface area (Å²) in [6.07, 6.45) is 2.10. The number of rotatable bonds is 4. The third-order valence-corrected chi connectivity index (χ3v) is 5.40. The monoisotopic (exact) mass is 339 g/mol. The highest BCUT2D eigenvalue weighted by molar-refractivity contribution is 7.88. The molecule has 0 unspecified atom stereocenters. The topological polar surface area (TPSA) is 89.5 Å². The molecule has 2 heterocycles. The number of hydrogen-bond acceptors (Lipinski definition) is 7. The van der Waals surface area contributed by atoms with Crippen LogP contribution in [-0.2, 0) is 26.2 Å². The zero-order valence-corrected chi connectivity index (χ0v) is 13.2. The van der Waals surface area contributed by atoms with Crippen molar-refractivity contribution in [3.05, 3.63) is 10.0 Å². The quantitative estimate of drug-likeness (QED) is 0.757. The lowest BCUT2D eigenvalue weighted by Gasteiger charge is -2.28. The molecule has 0 atom stereocenters. The van der Waals surface area contributed by atoms with Crippen LogP contribution in [-0.4, -0.2) is 47.6 Å². The largest absolute Gasteiger partial charge is 0.459 e. The predicted molar refractivity (Wildman–Crippen MR) is 73.9 cm³/mol. The molecule has 1 aromatic heterocycles. The number of piperidine rings is 1. The summed E-state index contributed by atoms with van der Waals surface area (Å²) in [5.41, 5.74) is 0.443. The van der Waals surface area contributed by atoms with Gasteiger partial charge in [-0.3, -0.25) is 4.79 Å². The fraction of sp³-hybridized carbons (Fsp3) is 0.700. The van der Waals surface area contributed by atoms with Crippen molar-refractivity contribution in [1.29, 1.82) is 0 Å². The van der Waals surface area contributed by atoms with Crippen molar-refractivity contribution in [2.75, 3.05) is 19.3 Å². The van der Waals surface area contributed by atoms with Crippen LogP contribution in [0.15, 0.2) is 0 Å². The maximum Gasteiger partial charge on any atom is 0.309 e. The molecule has 0 aromatic carbocycles. The van der Waals surface area contributed by atoms with E-state index in [1.807, 2.05) is 0 Å². The summed E-state index contributed by atoms with van der Waals surface area (Å²) in [5.74, 6) is -0.624. The van der Waals surface area contributed by atoms with E-state index in [9.17, 15) is 13.2 Å². The minimum atomic E-state index is -3.18. The molecule has 1 fully saturated rings. The number of sulfonamides is 1. The second kappa shape index (κ2) is 6.33. The Balaban J connectivity index is 1.82. The average Bonchev–Trinajstić information content (AvgIpc) is 2.81. The summed E-state index contributed by atoms with van der Waals surface area (Å²) in [7, 11) is -3.18. The highest BCUT2D eigenvalue weighted by Gasteiger charge is 2.30. The molecule has 20 heavy (non-hydrogen) atoms. The second-order valence-corrected chi connectivity index (χ2v) is 7.88. The third-order valence-electron chi connectivity index (χ3n) is 3.12. The molecule has 112 valence electrons. The number of carbonyl (C=O) groups is 1. The number of nitrogens with zero attached hydrogens (tertiary/aromatic N) is 3. The summed E-state index contributed by atoms with van der Waals surface area (Å²) in [4.78, 5) is 11.9. The molecule has 10 heteroatoms. The van der Waals surface area contributed by atoms with Gasteiger partial charge in [0.05, 0.1) is 12.2 Å². The molecule has 0 amide bonds. The molecule has 0 radical (unpaired) electrons. The zero-order chi connectivity index (χ0) is 14.8. The molecule has 0 saturated carbocycles. The summed E-state index contributed by atoms with van der Waals surface area (Å²) in [6, 6.07) is 0. The Bertz CT molecular complexity index is 581. The Morgan fingerprint density at radius 2 is 2.15 bits per heavy atom. The molecule has 0 spiro atoms. The van der Waals surface area contributed by atoms with E-state index in [2.05, 4.69) is 9.59 Å². The van der Waals surface area contributed by atoms with Gasteiger partial charge in [0.15, 0.2) is 0 Å². The van der Waals surface area contributed by atoms with E-state index >= 15 is 0 Å². The average molecular weight is 340 g/mol. The van der Waals surface area contributed by atoms with Crippen LogP contribution in [0.25, 0.3) is 0 Å². The van der Waals surface area contributed by atoms with E-state index in [-0.39, 0.29) is 18.5 Å². The molecule has 7 nitrogen and oxygen atoms in total. The smallest absolute Gasteiger partial charge is 0.309 e. The first-order valence-electron chi connectivity index (χ1n) is 5.96. The minimum absolute atomic E-state index is 0.000454. The van der Waals surface area contributed by atoms with Crippen LogP contribution >= 0.6 is 23.1 Å². The highest BCUT2D eigenvalue weighted by atomic mass is 35.5. The van der Waals surface area contributed by atoms with Crippen molar-refractivity contribution >= 4 is 39.1 Å². The first-order valence-corrected chi connectivity index (χ1v) is 8.96. The fourth-order valence-corrected chi connectivity index (χ4v) is 3.44. The van der Waals surface area contributed by atoms with Gasteiger partial charge in [-0.2, -0.15) is 0 Å². The Morgan fingerprint density at radius 3 is 2.65 bits per heavy atom. The van der Waals surface area contributed by atoms with Gasteiger partial charge >= 0.3 is 5.97 Å². The first kappa shape index (κ1) is 15.6. The van der Waals surface area contributed by atoms with E-state index in [1.54, 1.807) is 0 Å². The van der Waals surface area contributed by atoms with Crippen LogP contribution in [0, 0.1) is 5.92 Å². The van der Waals surface area contributed by atoms with Gasteiger partial charge in [-0.15, -0.1) is 5.10 Å². The number of aromatic nitrogens is 2. The van der Waals surface area contributed by atoms with Gasteiger partial charge in [-0.05, 0) is 12.8 Å². The zero-order valence-electron chi connectivity index (χ0n) is 10.8. The van der Waals surface area contributed by atoms with Crippen molar-refractivity contribution in [2.24, 2.45) is 5.92 Å². The molecule has 1 aromatic rings. The Morgan fingerprint density at radius 1 is 1.50 bits per heavy atom. The van der Waals surface area contributed by atoms with E-state index in [4.69, 9.17) is 16.3 Å². The van der Waals surface area contributed by atoms with Crippen molar-refractivity contribution in [3.63, 3.8) is 0 Å². The number of esters is 1. The van der Waals surface area contributed by atoms with Crippen LogP contribution in [0.5, 0.6) is 0 Å². The lowest BCUT2D eigenvalue weighted by molar-refractivity contribution is -0.151. The molecular formula is C10H14ClN3O4S2. The van der Waals surface area contributed by atoms with Crippen molar-refractivity contribution in [1.82, 2.24) is 13.9 Å². The van der Waals surface area contributed by atoms with Crippen LogP contribution in [0.1, 0.15) is 18.5 Å². The van der Waals surface area contributed by atoms with Crippen LogP contribution in [0.3, 0.4) is 0 Å². The predicted octanol–water partition coefficient (Wildman–Crippen LogP) is 0.906. The molecular weight excluding hydrogens is 326 g/mol. The van der Waals surface area contributed by atoms with Crippen LogP contribution < -0.4 is 0 Å². The summed E-state index contributed by atoms with van der Waals surface area (Å²) >= 11 is 6.84. The highest BCUT2D eigenvalue weighted by Crippen LogP contribution is 2.22. The third kappa shape index (κ3) is 3.87. The maximum absolute atomic E-state index is 11.9. The molecule has 1 aliphatic rings. The van der Waals surface area contributed by atoms with Crippen LogP contribution in [0.2, 0.25) is 4.34 Å². The Kier molecular flexibility index (Phi) is 4.95. The maximum atomic E-state index is 11.9. The number of halogens is 1. The number of hydrogen-bond donors (Lipinski definition) is 0. The van der Waals surface area contributed by atoms with Crippen molar-refractivity contribution in [3.8, 4) is 0 Å². The van der Waals surface area contributed by atoms with Gasteiger partial charge in [-0.1, -0.05) is 16.1 Å². The number of carbonyl (C=O) groups excluding carboxylic acids is 1. The standard InChI is InChI=1S/C10H14ClN3O4S2/c1-20(16,17)14-4-2-7(3-5-14)10(15)18-6-8-9(11)19-13-12-8/h7H,2-6H2,1H3. The van der Waals surface area contributed by atoms with Crippen molar-refractivity contribution < 1.29 is 17.9 Å². The Labute approximate surface area is 126 Å². The van der Waals surface area contributed by atoms with Gasteiger partial charge in [0.2, 0.25) is 10.0 Å². The van der Waals surface area contributed by atoms with E-state index < -0.39 is 10.0 Å². The molecule has 0 bridgehead atoms. The fourth-order valence-electron chi connectivity index (χ4n) is 1.96. The van der Waals surface area contributed by atoms with Gasteiger partial charge in [-0.25, -0.2) is 12.7 Å². The number of ether oxygens (including phenoxy) is 1.